The highest BCUT2D eigenvalue weighted by Gasteiger charge is 2.53. The summed E-state index contributed by atoms with van der Waals surface area (Å²) in [6, 6.07) is 0.325. The van der Waals surface area contributed by atoms with Gasteiger partial charge in [-0.25, -0.2) is 4.98 Å². The molecule has 98 valence electrons. The van der Waals surface area contributed by atoms with Crippen LogP contribution in [0.15, 0.2) is 12.5 Å². The van der Waals surface area contributed by atoms with Gasteiger partial charge in [0.2, 0.25) is 0 Å². The maximum Gasteiger partial charge on any atom is 0.0921 e. The molecule has 4 fully saturated rings. The van der Waals surface area contributed by atoms with Gasteiger partial charge in [0.15, 0.2) is 0 Å². The number of nitrogens with zero attached hydrogens (tertiary/aromatic N) is 1. The number of H-pyrrole nitrogens is 1. The summed E-state index contributed by atoms with van der Waals surface area (Å²) in [5.41, 5.74) is 8.28. The lowest BCUT2D eigenvalue weighted by atomic mass is 9.47. The first-order valence-electron chi connectivity index (χ1n) is 7.46. The zero-order valence-corrected chi connectivity index (χ0v) is 10.9. The molecule has 0 aromatic carbocycles. The summed E-state index contributed by atoms with van der Waals surface area (Å²) in [6.45, 7) is 0. The minimum atomic E-state index is 0.325. The van der Waals surface area contributed by atoms with Gasteiger partial charge in [0, 0.05) is 24.4 Å². The first kappa shape index (κ1) is 11.0. The van der Waals surface area contributed by atoms with Gasteiger partial charge in [0.05, 0.1) is 6.33 Å². The van der Waals surface area contributed by atoms with E-state index in [1.54, 1.807) is 6.33 Å². The second-order valence-corrected chi connectivity index (χ2v) is 7.17. The van der Waals surface area contributed by atoms with Crippen molar-refractivity contribution in [2.24, 2.45) is 28.9 Å². The van der Waals surface area contributed by atoms with Gasteiger partial charge >= 0.3 is 0 Å². The predicted octanol–water partition coefficient (Wildman–Crippen LogP) is 2.50. The monoisotopic (exact) mass is 245 g/mol. The first-order chi connectivity index (χ1) is 8.73. The quantitative estimate of drug-likeness (QED) is 0.859. The second-order valence-electron chi connectivity index (χ2n) is 7.17. The Balaban J connectivity index is 1.56. The van der Waals surface area contributed by atoms with Crippen LogP contribution in [0.2, 0.25) is 0 Å². The standard InChI is InChI=1S/C15H23N3/c16-14(4-13-8-17-9-18-13)15-5-10-1-11(6-15)3-12(2-10)7-15/h8-12,14H,1-7,16H2,(H,17,18). The lowest BCUT2D eigenvalue weighted by Crippen LogP contribution is -2.55. The Morgan fingerprint density at radius 3 is 2.33 bits per heavy atom. The molecule has 3 N–H and O–H groups in total. The number of aromatic amines is 1. The summed E-state index contributed by atoms with van der Waals surface area (Å²) in [5.74, 6) is 2.97. The van der Waals surface area contributed by atoms with Crippen molar-refractivity contribution in [2.45, 2.75) is 51.0 Å². The van der Waals surface area contributed by atoms with Crippen molar-refractivity contribution in [3.05, 3.63) is 18.2 Å². The van der Waals surface area contributed by atoms with E-state index in [9.17, 15) is 0 Å². The van der Waals surface area contributed by atoms with E-state index >= 15 is 0 Å². The molecular weight excluding hydrogens is 222 g/mol. The number of imidazole rings is 1. The second kappa shape index (κ2) is 3.83. The molecule has 1 atom stereocenters. The molecule has 0 spiro atoms. The Bertz CT molecular complexity index is 388. The molecule has 18 heavy (non-hydrogen) atoms. The average molecular weight is 245 g/mol. The van der Waals surface area contributed by atoms with Crippen molar-refractivity contribution >= 4 is 0 Å². The fourth-order valence-corrected chi connectivity index (χ4v) is 5.48. The van der Waals surface area contributed by atoms with E-state index in [2.05, 4.69) is 9.97 Å². The molecule has 4 saturated carbocycles. The lowest BCUT2D eigenvalue weighted by Gasteiger charge is -2.59. The summed E-state index contributed by atoms with van der Waals surface area (Å²) >= 11 is 0. The highest BCUT2D eigenvalue weighted by Crippen LogP contribution is 2.61. The molecule has 4 aliphatic carbocycles. The van der Waals surface area contributed by atoms with Crippen LogP contribution >= 0.6 is 0 Å². The highest BCUT2D eigenvalue weighted by atomic mass is 14.9. The maximum atomic E-state index is 6.62. The normalized spacial score (nSPS) is 43.3. The Morgan fingerprint density at radius 1 is 1.22 bits per heavy atom. The van der Waals surface area contributed by atoms with Gasteiger partial charge < -0.3 is 10.7 Å². The van der Waals surface area contributed by atoms with E-state index in [0.717, 1.165) is 24.2 Å². The van der Waals surface area contributed by atoms with Crippen LogP contribution in [0.1, 0.15) is 44.2 Å². The molecular formula is C15H23N3. The van der Waals surface area contributed by atoms with E-state index in [0.29, 0.717) is 11.5 Å². The Morgan fingerprint density at radius 2 is 1.83 bits per heavy atom. The van der Waals surface area contributed by atoms with Crippen LogP contribution < -0.4 is 5.73 Å². The van der Waals surface area contributed by atoms with Crippen LogP contribution in [0.4, 0.5) is 0 Å². The van der Waals surface area contributed by atoms with Gasteiger partial charge in [0.25, 0.3) is 0 Å². The molecule has 4 aliphatic rings. The molecule has 0 amide bonds. The number of rotatable bonds is 3. The molecule has 0 aliphatic heterocycles. The number of hydrogen-bond acceptors (Lipinski definition) is 2. The minimum Gasteiger partial charge on any atom is -0.348 e. The molecule has 0 saturated heterocycles. The molecule has 1 aromatic heterocycles. The SMILES string of the molecule is NC(Cc1cnc[nH]1)C12CC3CC(CC(C3)C1)C2. The summed E-state index contributed by atoms with van der Waals surface area (Å²) in [6.07, 6.45) is 13.4. The van der Waals surface area contributed by atoms with Crippen molar-refractivity contribution in [2.75, 3.05) is 0 Å². The fraction of sp³-hybridized carbons (Fsp3) is 0.800. The molecule has 4 bridgehead atoms. The van der Waals surface area contributed by atoms with E-state index in [1.807, 2.05) is 6.20 Å². The van der Waals surface area contributed by atoms with Gasteiger partial charge in [-0.1, -0.05) is 0 Å². The predicted molar refractivity (Wildman–Crippen MR) is 70.9 cm³/mol. The summed E-state index contributed by atoms with van der Waals surface area (Å²) < 4.78 is 0. The van der Waals surface area contributed by atoms with Gasteiger partial charge in [-0.3, -0.25) is 0 Å². The highest BCUT2D eigenvalue weighted by molar-refractivity contribution is 5.09. The lowest BCUT2D eigenvalue weighted by molar-refractivity contribution is -0.0668. The summed E-state index contributed by atoms with van der Waals surface area (Å²) in [7, 11) is 0. The number of nitrogens with two attached hydrogens (primary N) is 1. The van der Waals surface area contributed by atoms with Gasteiger partial charge in [-0.2, -0.15) is 0 Å². The number of hydrogen-bond donors (Lipinski definition) is 2. The molecule has 3 heteroatoms. The van der Waals surface area contributed by atoms with E-state index in [4.69, 9.17) is 5.73 Å². The van der Waals surface area contributed by atoms with Gasteiger partial charge in [0.1, 0.15) is 0 Å². The Hall–Kier alpha value is -0.830. The van der Waals surface area contributed by atoms with Crippen LogP contribution in [-0.2, 0) is 6.42 Å². The van der Waals surface area contributed by atoms with Crippen molar-refractivity contribution < 1.29 is 0 Å². The Labute approximate surface area is 109 Å². The topological polar surface area (TPSA) is 54.7 Å². The third-order valence-electron chi connectivity index (χ3n) is 5.87. The van der Waals surface area contributed by atoms with Crippen LogP contribution in [-0.4, -0.2) is 16.0 Å². The van der Waals surface area contributed by atoms with Crippen LogP contribution in [0, 0.1) is 23.2 Å². The zero-order chi connectivity index (χ0) is 12.2. The van der Waals surface area contributed by atoms with Crippen LogP contribution in [0.3, 0.4) is 0 Å². The fourth-order valence-electron chi connectivity index (χ4n) is 5.48. The minimum absolute atomic E-state index is 0.325. The van der Waals surface area contributed by atoms with Crippen molar-refractivity contribution in [3.8, 4) is 0 Å². The van der Waals surface area contributed by atoms with Gasteiger partial charge in [-0.05, 0) is 61.7 Å². The van der Waals surface area contributed by atoms with Crippen molar-refractivity contribution in [1.29, 1.82) is 0 Å². The summed E-state index contributed by atoms with van der Waals surface area (Å²) in [4.78, 5) is 7.32. The average Bonchev–Trinajstić information content (AvgIpc) is 2.79. The van der Waals surface area contributed by atoms with E-state index < -0.39 is 0 Å². The van der Waals surface area contributed by atoms with Gasteiger partial charge in [-0.15, -0.1) is 0 Å². The number of aromatic nitrogens is 2. The third kappa shape index (κ3) is 1.63. The van der Waals surface area contributed by atoms with E-state index in [1.165, 1.54) is 44.2 Å². The van der Waals surface area contributed by atoms with Crippen molar-refractivity contribution in [1.82, 2.24) is 9.97 Å². The summed E-state index contributed by atoms with van der Waals surface area (Å²) in [5, 5.41) is 0. The molecule has 5 rings (SSSR count). The zero-order valence-electron chi connectivity index (χ0n) is 10.9. The maximum absolute atomic E-state index is 6.62. The Kier molecular flexibility index (Phi) is 2.35. The molecule has 1 unspecified atom stereocenters. The van der Waals surface area contributed by atoms with Crippen molar-refractivity contribution in [3.63, 3.8) is 0 Å². The smallest absolute Gasteiger partial charge is 0.0921 e. The number of nitrogens with one attached hydrogen (secondary N) is 1. The molecule has 1 aromatic rings. The molecule has 1 heterocycles. The van der Waals surface area contributed by atoms with Crippen LogP contribution in [0.25, 0.3) is 0 Å². The first-order valence-corrected chi connectivity index (χ1v) is 7.46. The van der Waals surface area contributed by atoms with Crippen LogP contribution in [0.5, 0.6) is 0 Å². The molecule has 0 radical (unpaired) electrons. The largest absolute Gasteiger partial charge is 0.348 e. The third-order valence-corrected chi connectivity index (χ3v) is 5.87. The van der Waals surface area contributed by atoms with E-state index in [-0.39, 0.29) is 0 Å². The molecule has 3 nitrogen and oxygen atoms in total.